The Morgan fingerprint density at radius 3 is 2.86 bits per heavy atom. The maximum atomic E-state index is 6.15. The summed E-state index contributed by atoms with van der Waals surface area (Å²) in [6.45, 7) is 1.96. The molecule has 0 saturated heterocycles. The summed E-state index contributed by atoms with van der Waals surface area (Å²) in [5, 5.41) is 7.42. The fraction of sp³-hybridized carbons (Fsp3) is 0.100. The second kappa shape index (κ2) is 3.35. The Hall–Kier alpha value is -1.48. The van der Waals surface area contributed by atoms with E-state index in [2.05, 4.69) is 10.2 Å². The second-order valence-corrected chi connectivity index (χ2v) is 3.52. The molecular weight excluding hydrogens is 198 g/mol. The van der Waals surface area contributed by atoms with Crippen LogP contribution < -0.4 is 5.73 Å². The number of aromatic nitrogens is 2. The van der Waals surface area contributed by atoms with Crippen LogP contribution in [0.4, 0.5) is 5.82 Å². The molecule has 72 valence electrons. The number of nitrogens with two attached hydrogens (primary N) is 1. The van der Waals surface area contributed by atoms with Crippen molar-refractivity contribution in [2.45, 2.75) is 6.92 Å². The Balaban J connectivity index is 2.57. The number of hydrogen-bond donors (Lipinski definition) is 2. The fourth-order valence-electron chi connectivity index (χ4n) is 1.33. The van der Waals surface area contributed by atoms with Crippen LogP contribution in [-0.4, -0.2) is 10.2 Å². The van der Waals surface area contributed by atoms with E-state index in [1.807, 2.05) is 25.1 Å². The average molecular weight is 208 g/mol. The van der Waals surface area contributed by atoms with Gasteiger partial charge in [-0.05, 0) is 12.5 Å². The van der Waals surface area contributed by atoms with Crippen molar-refractivity contribution in [1.29, 1.82) is 0 Å². The van der Waals surface area contributed by atoms with Gasteiger partial charge in [0.1, 0.15) is 5.82 Å². The van der Waals surface area contributed by atoms with Gasteiger partial charge < -0.3 is 5.73 Å². The van der Waals surface area contributed by atoms with Gasteiger partial charge in [-0.25, -0.2) is 0 Å². The number of nitrogens with one attached hydrogen (secondary N) is 1. The first kappa shape index (κ1) is 9.09. The first-order chi connectivity index (χ1) is 6.68. The van der Waals surface area contributed by atoms with Crippen LogP contribution >= 0.6 is 11.6 Å². The monoisotopic (exact) mass is 207 g/mol. The highest BCUT2D eigenvalue weighted by atomic mass is 35.5. The molecule has 0 amide bonds. The lowest BCUT2D eigenvalue weighted by Gasteiger charge is -2.03. The van der Waals surface area contributed by atoms with Crippen molar-refractivity contribution in [3.05, 3.63) is 34.9 Å². The van der Waals surface area contributed by atoms with E-state index in [0.29, 0.717) is 5.82 Å². The number of hydrogen-bond acceptors (Lipinski definition) is 2. The van der Waals surface area contributed by atoms with Crippen LogP contribution in [0.15, 0.2) is 24.3 Å². The minimum atomic E-state index is 0.470. The van der Waals surface area contributed by atoms with Gasteiger partial charge in [-0.15, -0.1) is 0 Å². The van der Waals surface area contributed by atoms with E-state index in [4.69, 9.17) is 17.3 Å². The minimum absolute atomic E-state index is 0.470. The van der Waals surface area contributed by atoms with Crippen molar-refractivity contribution in [1.82, 2.24) is 10.2 Å². The summed E-state index contributed by atoms with van der Waals surface area (Å²) in [5.74, 6) is 0.470. The Kier molecular flexibility index (Phi) is 2.17. The van der Waals surface area contributed by atoms with Crippen molar-refractivity contribution in [3.8, 4) is 11.3 Å². The lowest BCUT2D eigenvalue weighted by Crippen LogP contribution is -1.82. The number of aryl methyl sites for hydroxylation is 1. The third-order valence-electron chi connectivity index (χ3n) is 2.08. The summed E-state index contributed by atoms with van der Waals surface area (Å²) in [6.07, 6.45) is 0. The summed E-state index contributed by atoms with van der Waals surface area (Å²) in [4.78, 5) is 0. The number of anilines is 1. The topological polar surface area (TPSA) is 54.7 Å². The molecule has 0 spiro atoms. The van der Waals surface area contributed by atoms with Gasteiger partial charge in [0.15, 0.2) is 0 Å². The maximum Gasteiger partial charge on any atom is 0.145 e. The number of benzene rings is 1. The van der Waals surface area contributed by atoms with Crippen LogP contribution in [-0.2, 0) is 0 Å². The van der Waals surface area contributed by atoms with Crippen LogP contribution in [0.2, 0.25) is 5.02 Å². The highest BCUT2D eigenvalue weighted by Crippen LogP contribution is 2.29. The van der Waals surface area contributed by atoms with E-state index in [1.165, 1.54) is 0 Å². The summed E-state index contributed by atoms with van der Waals surface area (Å²) >= 11 is 6.15. The van der Waals surface area contributed by atoms with Gasteiger partial charge in [-0.1, -0.05) is 29.8 Å². The standard InChI is InChI=1S/C10H10ClN3/c1-6-3-2-4-7(10(6)11)8-5-9(12)14-13-8/h2-5H,1H3,(H3,12,13,14). The summed E-state index contributed by atoms with van der Waals surface area (Å²) in [5.41, 5.74) is 8.33. The van der Waals surface area contributed by atoms with Gasteiger partial charge in [0.05, 0.1) is 10.7 Å². The van der Waals surface area contributed by atoms with Crippen LogP contribution in [0.3, 0.4) is 0 Å². The number of rotatable bonds is 1. The van der Waals surface area contributed by atoms with Crippen molar-refractivity contribution in [2.24, 2.45) is 0 Å². The summed E-state index contributed by atoms with van der Waals surface area (Å²) in [6, 6.07) is 7.61. The second-order valence-electron chi connectivity index (χ2n) is 3.14. The maximum absolute atomic E-state index is 6.15. The van der Waals surface area contributed by atoms with Crippen molar-refractivity contribution in [2.75, 3.05) is 5.73 Å². The highest BCUT2D eigenvalue weighted by Gasteiger charge is 2.07. The van der Waals surface area contributed by atoms with E-state index in [1.54, 1.807) is 6.07 Å². The molecule has 2 aromatic rings. The zero-order valence-corrected chi connectivity index (χ0v) is 8.47. The first-order valence-electron chi connectivity index (χ1n) is 4.25. The zero-order valence-electron chi connectivity index (χ0n) is 7.71. The van der Waals surface area contributed by atoms with Gasteiger partial charge in [0.25, 0.3) is 0 Å². The summed E-state index contributed by atoms with van der Waals surface area (Å²) in [7, 11) is 0. The van der Waals surface area contributed by atoms with Gasteiger partial charge in [0, 0.05) is 11.6 Å². The minimum Gasteiger partial charge on any atom is -0.382 e. The smallest absolute Gasteiger partial charge is 0.145 e. The molecule has 0 aliphatic carbocycles. The van der Waals surface area contributed by atoms with Gasteiger partial charge in [-0.3, -0.25) is 5.10 Å². The molecule has 4 heteroatoms. The van der Waals surface area contributed by atoms with Crippen LogP contribution in [0.1, 0.15) is 5.56 Å². The summed E-state index contributed by atoms with van der Waals surface area (Å²) < 4.78 is 0. The SMILES string of the molecule is Cc1cccc(-c2cc(N)n[nH]2)c1Cl. The molecule has 14 heavy (non-hydrogen) atoms. The lowest BCUT2D eigenvalue weighted by atomic mass is 10.1. The zero-order chi connectivity index (χ0) is 10.1. The molecule has 0 radical (unpaired) electrons. The Labute approximate surface area is 86.9 Å². The quantitative estimate of drug-likeness (QED) is 0.755. The predicted octanol–water partition coefficient (Wildman–Crippen LogP) is 2.62. The molecule has 3 nitrogen and oxygen atoms in total. The molecule has 2 rings (SSSR count). The van der Waals surface area contributed by atoms with Crippen LogP contribution in [0.5, 0.6) is 0 Å². The molecule has 0 saturated carbocycles. The molecule has 0 atom stereocenters. The Bertz CT molecular complexity index is 462. The number of aromatic amines is 1. The van der Waals surface area contributed by atoms with E-state index in [-0.39, 0.29) is 0 Å². The highest BCUT2D eigenvalue weighted by molar-refractivity contribution is 6.34. The van der Waals surface area contributed by atoms with E-state index in [9.17, 15) is 0 Å². The number of nitrogens with zero attached hydrogens (tertiary/aromatic N) is 1. The Morgan fingerprint density at radius 2 is 2.21 bits per heavy atom. The molecule has 3 N–H and O–H groups in total. The molecule has 0 bridgehead atoms. The molecular formula is C10H10ClN3. The van der Waals surface area contributed by atoms with E-state index in [0.717, 1.165) is 21.8 Å². The lowest BCUT2D eigenvalue weighted by molar-refractivity contribution is 1.10. The molecule has 0 aliphatic rings. The van der Waals surface area contributed by atoms with Gasteiger partial charge >= 0.3 is 0 Å². The molecule has 0 fully saturated rings. The molecule has 0 unspecified atom stereocenters. The predicted molar refractivity (Wildman–Crippen MR) is 58.2 cm³/mol. The Morgan fingerprint density at radius 1 is 1.43 bits per heavy atom. The van der Waals surface area contributed by atoms with Gasteiger partial charge in [0.2, 0.25) is 0 Å². The number of H-pyrrole nitrogens is 1. The average Bonchev–Trinajstić information content (AvgIpc) is 2.57. The number of nitrogen functional groups attached to an aromatic ring is 1. The van der Waals surface area contributed by atoms with Gasteiger partial charge in [-0.2, -0.15) is 5.10 Å². The van der Waals surface area contributed by atoms with Crippen molar-refractivity contribution in [3.63, 3.8) is 0 Å². The molecule has 1 heterocycles. The third-order valence-corrected chi connectivity index (χ3v) is 2.58. The van der Waals surface area contributed by atoms with Crippen LogP contribution in [0.25, 0.3) is 11.3 Å². The fourth-order valence-corrected chi connectivity index (χ4v) is 1.56. The van der Waals surface area contributed by atoms with Crippen molar-refractivity contribution >= 4 is 17.4 Å². The van der Waals surface area contributed by atoms with Crippen LogP contribution in [0, 0.1) is 6.92 Å². The first-order valence-corrected chi connectivity index (χ1v) is 4.62. The molecule has 1 aromatic carbocycles. The van der Waals surface area contributed by atoms with E-state index < -0.39 is 0 Å². The van der Waals surface area contributed by atoms with Crippen molar-refractivity contribution < 1.29 is 0 Å². The normalized spacial score (nSPS) is 10.4. The molecule has 0 aliphatic heterocycles. The number of halogens is 1. The largest absolute Gasteiger partial charge is 0.382 e. The molecule has 1 aromatic heterocycles. The third kappa shape index (κ3) is 1.46. The van der Waals surface area contributed by atoms with E-state index >= 15 is 0 Å².